The van der Waals surface area contributed by atoms with Gasteiger partial charge in [-0.2, -0.15) is 0 Å². The Balaban J connectivity index is 1.11. The van der Waals surface area contributed by atoms with Gasteiger partial charge in [0.15, 0.2) is 0 Å². The molecule has 68 heavy (non-hydrogen) atoms. The minimum atomic E-state index is -0.274. The minimum absolute atomic E-state index is 0.274. The molecule has 0 spiro atoms. The van der Waals surface area contributed by atoms with Gasteiger partial charge in [-0.1, -0.05) is 200 Å². The van der Waals surface area contributed by atoms with Crippen molar-refractivity contribution in [2.24, 2.45) is 4.99 Å². The van der Waals surface area contributed by atoms with Crippen LogP contribution >= 0.6 is 0 Å². The van der Waals surface area contributed by atoms with Crippen molar-refractivity contribution in [2.75, 3.05) is 0 Å². The Kier molecular flexibility index (Phi) is 9.54. The van der Waals surface area contributed by atoms with E-state index in [1.165, 1.54) is 43.7 Å². The predicted molar refractivity (Wildman–Crippen MR) is 285 cm³/mol. The van der Waals surface area contributed by atoms with Crippen molar-refractivity contribution in [1.82, 2.24) is 14.5 Å². The van der Waals surface area contributed by atoms with Crippen LogP contribution in [0.2, 0.25) is 0 Å². The van der Waals surface area contributed by atoms with Gasteiger partial charge >= 0.3 is 0 Å². The molecule has 2 aromatic heterocycles. The molecule has 0 aliphatic carbocycles. The fourth-order valence-corrected chi connectivity index (χ4v) is 10.4. The molecule has 1 unspecified atom stereocenters. The van der Waals surface area contributed by atoms with Gasteiger partial charge in [0.25, 0.3) is 0 Å². The van der Waals surface area contributed by atoms with Gasteiger partial charge in [-0.15, -0.1) is 0 Å². The minimum Gasteiger partial charge on any atom is -0.360 e. The second kappa shape index (κ2) is 16.5. The zero-order valence-corrected chi connectivity index (χ0v) is 37.2. The quantitative estimate of drug-likeness (QED) is 0.162. The molecule has 4 heteroatoms. The standard InChI is InChI=1S/C64H44N4/c1-6-20-43(21-7-1)48-34-36-53-56-41-50(67-59-32-18-16-30-51(59)52-31-17-19-33-60(52)67)35-37-61(56)68(62(53)40-48)63-54(44-22-8-2-9-23-44)38-49(39-55(63)45-24-10-3-11-25-45)58-42-57(46-26-12-4-13-27-46)65-64(66-58)47-28-14-5-15-29-47/h1-42,64,66H. The molecule has 0 saturated carbocycles. The monoisotopic (exact) mass is 868 g/mol. The first-order valence-corrected chi connectivity index (χ1v) is 23.3. The number of hydrogen-bond acceptors (Lipinski definition) is 2. The Morgan fingerprint density at radius 1 is 0.338 bits per heavy atom. The van der Waals surface area contributed by atoms with Crippen LogP contribution in [-0.4, -0.2) is 14.8 Å². The van der Waals surface area contributed by atoms with Crippen LogP contribution < -0.4 is 5.32 Å². The van der Waals surface area contributed by atoms with E-state index in [4.69, 9.17) is 4.99 Å². The third kappa shape index (κ3) is 6.73. The number of rotatable bonds is 8. The zero-order chi connectivity index (χ0) is 45.0. The maximum atomic E-state index is 5.30. The van der Waals surface area contributed by atoms with Crippen LogP contribution in [0.4, 0.5) is 0 Å². The van der Waals surface area contributed by atoms with Gasteiger partial charge < -0.3 is 14.5 Å². The lowest BCUT2D eigenvalue weighted by Crippen LogP contribution is -2.25. The second-order valence-corrected chi connectivity index (χ2v) is 17.6. The van der Waals surface area contributed by atoms with E-state index in [0.29, 0.717) is 0 Å². The molecule has 1 N–H and O–H groups in total. The SMILES string of the molecule is C1=C(c2cc(-c3ccccc3)c(-n3c4ccc(-n5c6ccccc6c6ccccc65)cc4c4ccc(-c5ccccc5)cc43)c(-c3ccccc3)c2)NC(c2ccccc2)N=C1c1ccccc1. The number of benzene rings is 10. The summed E-state index contributed by atoms with van der Waals surface area (Å²) in [4.78, 5) is 5.30. The van der Waals surface area contributed by atoms with Crippen LogP contribution in [-0.2, 0) is 0 Å². The third-order valence-corrected chi connectivity index (χ3v) is 13.5. The van der Waals surface area contributed by atoms with Crippen LogP contribution in [0.5, 0.6) is 0 Å². The largest absolute Gasteiger partial charge is 0.360 e. The molecule has 0 amide bonds. The van der Waals surface area contributed by atoms with E-state index in [9.17, 15) is 0 Å². The third-order valence-electron chi connectivity index (χ3n) is 13.5. The highest BCUT2D eigenvalue weighted by Crippen LogP contribution is 2.45. The van der Waals surface area contributed by atoms with E-state index in [2.05, 4.69) is 269 Å². The molecule has 0 saturated heterocycles. The highest BCUT2D eigenvalue weighted by atomic mass is 15.1. The molecule has 3 heterocycles. The molecule has 0 bridgehead atoms. The predicted octanol–water partition coefficient (Wildman–Crippen LogP) is 16.0. The van der Waals surface area contributed by atoms with Crippen molar-refractivity contribution in [2.45, 2.75) is 6.17 Å². The topological polar surface area (TPSA) is 34.2 Å². The maximum absolute atomic E-state index is 5.30. The highest BCUT2D eigenvalue weighted by Gasteiger charge is 2.26. The molecular weight excluding hydrogens is 825 g/mol. The number of nitrogens with zero attached hydrogens (tertiary/aromatic N) is 3. The normalized spacial score (nSPS) is 13.7. The van der Waals surface area contributed by atoms with Crippen LogP contribution in [0.1, 0.15) is 22.9 Å². The van der Waals surface area contributed by atoms with Gasteiger partial charge in [0, 0.05) is 44.1 Å². The molecular formula is C64H44N4. The highest BCUT2D eigenvalue weighted by molar-refractivity contribution is 6.15. The Labute approximate surface area is 395 Å². The first-order valence-electron chi connectivity index (χ1n) is 23.3. The number of nitrogens with one attached hydrogen (secondary N) is 1. The van der Waals surface area contributed by atoms with E-state index >= 15 is 0 Å². The Morgan fingerprint density at radius 3 is 1.44 bits per heavy atom. The average molecular weight is 869 g/mol. The summed E-state index contributed by atoms with van der Waals surface area (Å²) in [5.74, 6) is 0. The summed E-state index contributed by atoms with van der Waals surface area (Å²) in [6, 6.07) is 89.9. The van der Waals surface area contributed by atoms with E-state index < -0.39 is 0 Å². The lowest BCUT2D eigenvalue weighted by atomic mass is 9.91. The second-order valence-electron chi connectivity index (χ2n) is 17.6. The van der Waals surface area contributed by atoms with Crippen molar-refractivity contribution in [3.05, 3.63) is 271 Å². The van der Waals surface area contributed by atoms with Crippen LogP contribution in [0.15, 0.2) is 260 Å². The summed E-state index contributed by atoms with van der Waals surface area (Å²) >= 11 is 0. The number of para-hydroxylation sites is 2. The van der Waals surface area contributed by atoms with E-state index in [-0.39, 0.29) is 6.17 Å². The summed E-state index contributed by atoms with van der Waals surface area (Å²) in [5, 5.41) is 8.77. The Morgan fingerprint density at radius 2 is 0.838 bits per heavy atom. The fourth-order valence-electron chi connectivity index (χ4n) is 10.4. The molecule has 0 fully saturated rings. The Hall–Kier alpha value is -8.99. The van der Waals surface area contributed by atoms with Crippen molar-refractivity contribution in [1.29, 1.82) is 0 Å². The first kappa shape index (κ1) is 39.4. The molecule has 10 aromatic carbocycles. The van der Waals surface area contributed by atoms with E-state index in [0.717, 1.165) is 72.8 Å². The average Bonchev–Trinajstić information content (AvgIpc) is 3.93. The molecule has 4 nitrogen and oxygen atoms in total. The number of fused-ring (bicyclic) bond motifs is 6. The van der Waals surface area contributed by atoms with Crippen molar-refractivity contribution < 1.29 is 0 Å². The van der Waals surface area contributed by atoms with Gasteiger partial charge in [0.1, 0.15) is 6.17 Å². The van der Waals surface area contributed by atoms with E-state index in [1.54, 1.807) is 0 Å². The number of allylic oxidation sites excluding steroid dienone is 1. The molecule has 13 rings (SSSR count). The first-order chi connectivity index (χ1) is 33.7. The van der Waals surface area contributed by atoms with Gasteiger partial charge in [-0.05, 0) is 93.6 Å². The smallest absolute Gasteiger partial charge is 0.145 e. The lowest BCUT2D eigenvalue weighted by Gasteiger charge is -2.27. The van der Waals surface area contributed by atoms with Gasteiger partial charge in [0.2, 0.25) is 0 Å². The van der Waals surface area contributed by atoms with E-state index in [1.807, 2.05) is 0 Å². The number of aliphatic imine (C=N–C) groups is 1. The van der Waals surface area contributed by atoms with Gasteiger partial charge in [-0.25, -0.2) is 0 Å². The van der Waals surface area contributed by atoms with Crippen LogP contribution in [0, 0.1) is 0 Å². The van der Waals surface area contributed by atoms with Crippen molar-refractivity contribution in [3.63, 3.8) is 0 Å². The fraction of sp³-hybridized carbons (Fsp3) is 0.0156. The summed E-state index contributed by atoms with van der Waals surface area (Å²) < 4.78 is 4.96. The summed E-state index contributed by atoms with van der Waals surface area (Å²) in [6.45, 7) is 0. The maximum Gasteiger partial charge on any atom is 0.145 e. The van der Waals surface area contributed by atoms with Gasteiger partial charge in [0.05, 0.1) is 33.5 Å². The number of aromatic nitrogens is 2. The summed E-state index contributed by atoms with van der Waals surface area (Å²) in [5.41, 5.74) is 19.0. The van der Waals surface area contributed by atoms with Crippen molar-refractivity contribution in [3.8, 4) is 44.8 Å². The number of hydrogen-bond donors (Lipinski definition) is 1. The zero-order valence-electron chi connectivity index (χ0n) is 37.2. The van der Waals surface area contributed by atoms with Gasteiger partial charge in [-0.3, -0.25) is 4.99 Å². The van der Waals surface area contributed by atoms with Crippen molar-refractivity contribution >= 4 is 55.0 Å². The van der Waals surface area contributed by atoms with Crippen LogP contribution in [0.3, 0.4) is 0 Å². The Bertz CT molecular complexity index is 3790. The lowest BCUT2D eigenvalue weighted by molar-refractivity contribution is 0.664. The molecule has 12 aromatic rings. The summed E-state index contributed by atoms with van der Waals surface area (Å²) in [6.07, 6.45) is 1.94. The summed E-state index contributed by atoms with van der Waals surface area (Å²) in [7, 11) is 0. The molecule has 1 atom stereocenters. The molecule has 1 aliphatic heterocycles. The molecule has 320 valence electrons. The molecule has 1 aliphatic rings. The van der Waals surface area contributed by atoms with Crippen LogP contribution in [0.25, 0.3) is 94.1 Å². The molecule has 0 radical (unpaired) electrons.